The molecule has 0 aromatic heterocycles. The fourth-order valence-electron chi connectivity index (χ4n) is 1.99. The molecule has 0 aliphatic rings. The van der Waals surface area contributed by atoms with Crippen LogP contribution in [-0.4, -0.2) is 36.0 Å². The zero-order valence-electron chi connectivity index (χ0n) is 11.6. The first kappa shape index (κ1) is 14.7. The minimum Gasteiger partial charge on any atom is -0.478 e. The molecule has 0 heterocycles. The maximum atomic E-state index is 13.4. The van der Waals surface area contributed by atoms with Crippen LogP contribution in [0.25, 0.3) is 11.1 Å². The van der Waals surface area contributed by atoms with Gasteiger partial charge < -0.3 is 10.0 Å². The van der Waals surface area contributed by atoms with Crippen LogP contribution in [0.3, 0.4) is 0 Å². The Morgan fingerprint density at radius 2 is 1.67 bits per heavy atom. The average Bonchev–Trinajstić information content (AvgIpc) is 2.46. The first-order chi connectivity index (χ1) is 9.90. The van der Waals surface area contributed by atoms with Crippen LogP contribution >= 0.6 is 0 Å². The summed E-state index contributed by atoms with van der Waals surface area (Å²) >= 11 is 0. The van der Waals surface area contributed by atoms with Gasteiger partial charge in [0.25, 0.3) is 5.91 Å². The van der Waals surface area contributed by atoms with Crippen molar-refractivity contribution in [2.45, 2.75) is 0 Å². The Kier molecular flexibility index (Phi) is 4.03. The van der Waals surface area contributed by atoms with E-state index in [0.29, 0.717) is 11.1 Å². The van der Waals surface area contributed by atoms with Gasteiger partial charge in [0.05, 0.1) is 5.56 Å². The molecule has 0 saturated carbocycles. The van der Waals surface area contributed by atoms with Gasteiger partial charge in [0.1, 0.15) is 5.82 Å². The molecule has 0 spiro atoms. The zero-order valence-corrected chi connectivity index (χ0v) is 11.6. The van der Waals surface area contributed by atoms with Gasteiger partial charge in [0.15, 0.2) is 0 Å². The fourth-order valence-corrected chi connectivity index (χ4v) is 1.99. The largest absolute Gasteiger partial charge is 0.478 e. The van der Waals surface area contributed by atoms with Crippen LogP contribution < -0.4 is 0 Å². The summed E-state index contributed by atoms with van der Waals surface area (Å²) in [4.78, 5) is 24.4. The van der Waals surface area contributed by atoms with E-state index in [1.54, 1.807) is 38.4 Å². The number of halogens is 1. The summed E-state index contributed by atoms with van der Waals surface area (Å²) in [5, 5.41) is 9.15. The van der Waals surface area contributed by atoms with Gasteiger partial charge in [-0.1, -0.05) is 12.1 Å². The Morgan fingerprint density at radius 1 is 1.05 bits per heavy atom. The van der Waals surface area contributed by atoms with Gasteiger partial charge in [0.2, 0.25) is 0 Å². The van der Waals surface area contributed by atoms with E-state index >= 15 is 0 Å². The summed E-state index contributed by atoms with van der Waals surface area (Å²) < 4.78 is 13.4. The quantitative estimate of drug-likeness (QED) is 0.944. The number of hydrogen-bond donors (Lipinski definition) is 1. The molecule has 0 bridgehead atoms. The molecule has 0 atom stereocenters. The second-order valence-corrected chi connectivity index (χ2v) is 4.77. The van der Waals surface area contributed by atoms with E-state index in [0.717, 1.165) is 6.07 Å². The van der Waals surface area contributed by atoms with E-state index in [9.17, 15) is 14.0 Å². The average molecular weight is 287 g/mol. The summed E-state index contributed by atoms with van der Waals surface area (Å²) in [6.07, 6.45) is 0. The van der Waals surface area contributed by atoms with Crippen LogP contribution in [0, 0.1) is 5.82 Å². The normalized spacial score (nSPS) is 10.2. The predicted octanol–water partition coefficient (Wildman–Crippen LogP) is 2.89. The summed E-state index contributed by atoms with van der Waals surface area (Å²) in [6, 6.07) is 9.91. The van der Waals surface area contributed by atoms with Crippen molar-refractivity contribution in [2.24, 2.45) is 0 Å². The van der Waals surface area contributed by atoms with Crippen molar-refractivity contribution < 1.29 is 19.1 Å². The first-order valence-corrected chi connectivity index (χ1v) is 6.25. The molecular weight excluding hydrogens is 273 g/mol. The number of carboxylic acids is 1. The third-order valence-electron chi connectivity index (χ3n) is 3.06. The highest BCUT2D eigenvalue weighted by atomic mass is 19.1. The van der Waals surface area contributed by atoms with E-state index in [-0.39, 0.29) is 17.0 Å². The molecule has 0 aliphatic heterocycles. The summed E-state index contributed by atoms with van der Waals surface area (Å²) in [5.41, 5.74) is 1.33. The van der Waals surface area contributed by atoms with Crippen molar-refractivity contribution in [2.75, 3.05) is 14.1 Å². The fraction of sp³-hybridized carbons (Fsp3) is 0.125. The lowest BCUT2D eigenvalue weighted by Gasteiger charge is -2.11. The molecule has 0 aliphatic carbocycles. The van der Waals surface area contributed by atoms with Gasteiger partial charge in [-0.2, -0.15) is 0 Å². The topological polar surface area (TPSA) is 57.6 Å². The molecular formula is C16H14FNO3. The van der Waals surface area contributed by atoms with E-state index in [1.807, 2.05) is 0 Å². The number of amides is 1. The molecule has 2 aromatic carbocycles. The number of carbonyl (C=O) groups is 2. The van der Waals surface area contributed by atoms with Crippen LogP contribution in [0.15, 0.2) is 42.5 Å². The Balaban J connectivity index is 2.46. The lowest BCUT2D eigenvalue weighted by Crippen LogP contribution is -2.21. The first-order valence-electron chi connectivity index (χ1n) is 6.25. The van der Waals surface area contributed by atoms with Crippen molar-refractivity contribution in [3.05, 3.63) is 59.4 Å². The molecule has 0 saturated heterocycles. The van der Waals surface area contributed by atoms with Gasteiger partial charge in [-0.05, 0) is 41.5 Å². The monoisotopic (exact) mass is 287 g/mol. The number of aromatic carboxylic acids is 1. The van der Waals surface area contributed by atoms with Crippen molar-refractivity contribution in [3.63, 3.8) is 0 Å². The molecule has 108 valence electrons. The minimum atomic E-state index is -1.13. The Bertz CT molecular complexity index is 693. The second-order valence-electron chi connectivity index (χ2n) is 4.77. The molecule has 0 radical (unpaired) electrons. The number of hydrogen-bond acceptors (Lipinski definition) is 2. The Hall–Kier alpha value is -2.69. The van der Waals surface area contributed by atoms with Gasteiger partial charge in [-0.3, -0.25) is 4.79 Å². The number of carboxylic acid groups (broad SMARTS) is 1. The highest BCUT2D eigenvalue weighted by Crippen LogP contribution is 2.25. The minimum absolute atomic E-state index is 0.0167. The van der Waals surface area contributed by atoms with Crippen LogP contribution in [0.1, 0.15) is 20.7 Å². The summed E-state index contributed by atoms with van der Waals surface area (Å²) in [6.45, 7) is 0. The Labute approximate surface area is 121 Å². The lowest BCUT2D eigenvalue weighted by molar-refractivity contribution is 0.0697. The molecule has 21 heavy (non-hydrogen) atoms. The van der Waals surface area contributed by atoms with Crippen molar-refractivity contribution in [1.29, 1.82) is 0 Å². The van der Waals surface area contributed by atoms with Gasteiger partial charge in [-0.15, -0.1) is 0 Å². The SMILES string of the molecule is CN(C)C(=O)c1ccc(-c2cc(F)ccc2C(=O)O)cc1. The van der Waals surface area contributed by atoms with Crippen LogP contribution in [0.5, 0.6) is 0 Å². The molecule has 1 amide bonds. The molecule has 1 N–H and O–H groups in total. The smallest absolute Gasteiger partial charge is 0.336 e. The molecule has 0 fully saturated rings. The molecule has 2 aromatic rings. The van der Waals surface area contributed by atoms with E-state index in [1.165, 1.54) is 17.0 Å². The highest BCUT2D eigenvalue weighted by Gasteiger charge is 2.14. The van der Waals surface area contributed by atoms with Gasteiger partial charge in [-0.25, -0.2) is 9.18 Å². The second kappa shape index (κ2) is 5.75. The third-order valence-corrected chi connectivity index (χ3v) is 3.06. The van der Waals surface area contributed by atoms with Crippen molar-refractivity contribution >= 4 is 11.9 Å². The van der Waals surface area contributed by atoms with Crippen molar-refractivity contribution in [3.8, 4) is 11.1 Å². The molecule has 5 heteroatoms. The van der Waals surface area contributed by atoms with Crippen LogP contribution in [-0.2, 0) is 0 Å². The number of benzene rings is 2. The summed E-state index contributed by atoms with van der Waals surface area (Å²) in [5.74, 6) is -1.79. The molecule has 4 nitrogen and oxygen atoms in total. The highest BCUT2D eigenvalue weighted by molar-refractivity contribution is 5.97. The van der Waals surface area contributed by atoms with Crippen LogP contribution in [0.4, 0.5) is 4.39 Å². The molecule has 2 rings (SSSR count). The number of nitrogens with zero attached hydrogens (tertiary/aromatic N) is 1. The maximum absolute atomic E-state index is 13.4. The predicted molar refractivity (Wildman–Crippen MR) is 76.8 cm³/mol. The van der Waals surface area contributed by atoms with E-state index < -0.39 is 11.8 Å². The van der Waals surface area contributed by atoms with Crippen LogP contribution in [0.2, 0.25) is 0 Å². The standard InChI is InChI=1S/C16H14FNO3/c1-18(2)15(19)11-5-3-10(4-6-11)14-9-12(17)7-8-13(14)16(20)21/h3-9H,1-2H3,(H,20,21). The van der Waals surface area contributed by atoms with Crippen molar-refractivity contribution in [1.82, 2.24) is 4.90 Å². The lowest BCUT2D eigenvalue weighted by atomic mass is 9.98. The van der Waals surface area contributed by atoms with E-state index in [2.05, 4.69) is 0 Å². The van der Waals surface area contributed by atoms with Gasteiger partial charge in [0, 0.05) is 19.7 Å². The Morgan fingerprint density at radius 3 is 2.19 bits per heavy atom. The molecule has 0 unspecified atom stereocenters. The van der Waals surface area contributed by atoms with Gasteiger partial charge >= 0.3 is 5.97 Å². The number of rotatable bonds is 3. The summed E-state index contributed by atoms with van der Waals surface area (Å²) in [7, 11) is 3.29. The third kappa shape index (κ3) is 3.08. The van der Waals surface area contributed by atoms with E-state index in [4.69, 9.17) is 5.11 Å². The number of carbonyl (C=O) groups excluding carboxylic acids is 1. The zero-order chi connectivity index (χ0) is 15.6. The maximum Gasteiger partial charge on any atom is 0.336 e.